The van der Waals surface area contributed by atoms with Gasteiger partial charge in [-0.2, -0.15) is 0 Å². The Morgan fingerprint density at radius 3 is 2.45 bits per heavy atom. The smallest absolute Gasteiger partial charge is 0.377 e. The Hall–Kier alpha value is -6.04. The van der Waals surface area contributed by atoms with E-state index >= 15 is 0 Å². The maximum atomic E-state index is 13.9. The van der Waals surface area contributed by atoms with Gasteiger partial charge in [0.2, 0.25) is 11.7 Å². The topological polar surface area (TPSA) is 135 Å². The van der Waals surface area contributed by atoms with Crippen LogP contribution in [-0.4, -0.2) is 47.3 Å². The number of hydrogen-bond donors (Lipinski definition) is 0. The van der Waals surface area contributed by atoms with Crippen LogP contribution in [0.3, 0.4) is 0 Å². The highest BCUT2D eigenvalue weighted by atomic mass is 16.7. The van der Waals surface area contributed by atoms with E-state index in [2.05, 4.69) is 5.16 Å². The SMILES string of the molecule is CC[C@@]1(OC(=O)C(C)ON=C2c3ccccc3-c3ccccc32)C(=O)OCc2c1cc1n(c2=O)Cc2cc3cc(BOC=O)ccc3nc2-1. The molecule has 2 aromatic heterocycles. The summed E-state index contributed by atoms with van der Waals surface area (Å²) in [7, 11) is 0.133. The molecule has 0 saturated carbocycles. The maximum absolute atomic E-state index is 13.9. The monoisotopic (exact) mass is 653 g/mol. The fourth-order valence-corrected chi connectivity index (χ4v) is 6.93. The second-order valence-electron chi connectivity index (χ2n) is 12.2. The molecule has 11 nitrogen and oxygen atoms in total. The molecule has 242 valence electrons. The van der Waals surface area contributed by atoms with E-state index in [-0.39, 0.29) is 43.7 Å². The quantitative estimate of drug-likeness (QED) is 0.0793. The van der Waals surface area contributed by atoms with Crippen molar-refractivity contribution in [2.24, 2.45) is 5.16 Å². The van der Waals surface area contributed by atoms with Crippen LogP contribution in [0.25, 0.3) is 33.4 Å². The Labute approximate surface area is 280 Å². The highest BCUT2D eigenvalue weighted by Gasteiger charge is 2.51. The van der Waals surface area contributed by atoms with Crippen LogP contribution in [0.5, 0.6) is 0 Å². The molecule has 3 aromatic carbocycles. The minimum atomic E-state index is -1.89. The molecule has 1 unspecified atom stereocenters. The van der Waals surface area contributed by atoms with Gasteiger partial charge in [0.25, 0.3) is 12.0 Å². The lowest BCUT2D eigenvalue weighted by Gasteiger charge is -2.36. The van der Waals surface area contributed by atoms with Gasteiger partial charge in [-0.25, -0.2) is 14.6 Å². The van der Waals surface area contributed by atoms with Gasteiger partial charge in [0.15, 0.2) is 0 Å². The molecule has 49 heavy (non-hydrogen) atoms. The fourth-order valence-electron chi connectivity index (χ4n) is 6.93. The molecule has 0 fully saturated rings. The molecule has 0 bridgehead atoms. The van der Waals surface area contributed by atoms with Gasteiger partial charge in [-0.3, -0.25) is 9.59 Å². The second-order valence-corrected chi connectivity index (χ2v) is 12.2. The molecule has 8 rings (SSSR count). The number of benzene rings is 3. The van der Waals surface area contributed by atoms with Crippen molar-refractivity contribution >= 4 is 48.0 Å². The van der Waals surface area contributed by atoms with E-state index in [0.717, 1.165) is 38.7 Å². The standard InChI is InChI=1S/C37H28BN3O8/c1-3-37(48-35(44)20(2)49-40-33-26-10-6-4-8-24(26)25-9-5-7-11-27(25)33)29-16-31-32-22(17-41(31)34(43)28(29)18-46-36(37)45)14-21-15-23(38-47-19-42)12-13-30(21)39-32/h4-16,19-20,38H,3,17-18H2,1-2H3/t20?,37-/m0/s1. The molecular formula is C37H28BN3O8. The number of carbonyl (C=O) groups is 3. The zero-order chi connectivity index (χ0) is 33.9. The molecule has 12 heteroatoms. The molecule has 0 amide bonds. The van der Waals surface area contributed by atoms with E-state index in [0.29, 0.717) is 29.1 Å². The zero-order valence-electron chi connectivity index (χ0n) is 26.6. The van der Waals surface area contributed by atoms with Gasteiger partial charge in [-0.15, -0.1) is 0 Å². The highest BCUT2D eigenvalue weighted by Crippen LogP contribution is 2.41. The summed E-state index contributed by atoms with van der Waals surface area (Å²) in [6.07, 6.45) is -1.18. The minimum absolute atomic E-state index is 0.0130. The lowest BCUT2D eigenvalue weighted by Crippen LogP contribution is -2.48. The third-order valence-corrected chi connectivity index (χ3v) is 9.42. The first-order valence-electron chi connectivity index (χ1n) is 15.9. The molecule has 5 aromatic rings. The van der Waals surface area contributed by atoms with Crippen molar-refractivity contribution in [1.82, 2.24) is 9.55 Å². The number of cyclic esters (lactones) is 1. The van der Waals surface area contributed by atoms with Crippen molar-refractivity contribution < 1.29 is 33.3 Å². The molecule has 0 radical (unpaired) electrons. The van der Waals surface area contributed by atoms with Crippen molar-refractivity contribution in [2.75, 3.05) is 0 Å². The van der Waals surface area contributed by atoms with Crippen molar-refractivity contribution in [1.29, 1.82) is 0 Å². The Morgan fingerprint density at radius 2 is 1.76 bits per heavy atom. The van der Waals surface area contributed by atoms with E-state index in [9.17, 15) is 19.2 Å². The van der Waals surface area contributed by atoms with Gasteiger partial charge in [0, 0.05) is 27.6 Å². The van der Waals surface area contributed by atoms with Crippen molar-refractivity contribution in [3.8, 4) is 22.5 Å². The molecule has 3 aliphatic rings. The molecule has 2 atom stereocenters. The summed E-state index contributed by atoms with van der Waals surface area (Å²) in [4.78, 5) is 62.3. The van der Waals surface area contributed by atoms with Crippen LogP contribution >= 0.6 is 0 Å². The van der Waals surface area contributed by atoms with Crippen molar-refractivity contribution in [2.45, 2.75) is 45.1 Å². The molecule has 4 heterocycles. The molecule has 0 N–H and O–H groups in total. The van der Waals surface area contributed by atoms with Crippen LogP contribution in [0.2, 0.25) is 0 Å². The predicted octanol–water partition coefficient (Wildman–Crippen LogP) is 3.62. The Kier molecular flexibility index (Phi) is 7.17. The number of fused-ring (bicyclic) bond motifs is 8. The molecule has 2 aliphatic heterocycles. The average molecular weight is 653 g/mol. The third kappa shape index (κ3) is 4.74. The van der Waals surface area contributed by atoms with Gasteiger partial charge in [0.05, 0.1) is 29.0 Å². The summed E-state index contributed by atoms with van der Waals surface area (Å²) in [6, 6.07) is 24.8. The summed E-state index contributed by atoms with van der Waals surface area (Å²) in [6.45, 7) is 3.60. The summed E-state index contributed by atoms with van der Waals surface area (Å²) >= 11 is 0. The maximum Gasteiger partial charge on any atom is 0.377 e. The van der Waals surface area contributed by atoms with Gasteiger partial charge in [-0.05, 0) is 48.1 Å². The Morgan fingerprint density at radius 1 is 1.04 bits per heavy atom. The van der Waals surface area contributed by atoms with E-state index in [1.165, 1.54) is 6.92 Å². The van der Waals surface area contributed by atoms with Crippen molar-refractivity contribution in [3.05, 3.63) is 117 Å². The molecule has 1 aliphatic carbocycles. The number of pyridine rings is 2. The molecular weight excluding hydrogens is 625 g/mol. The predicted molar refractivity (Wildman–Crippen MR) is 180 cm³/mol. The first kappa shape index (κ1) is 30.3. The summed E-state index contributed by atoms with van der Waals surface area (Å²) in [5.74, 6) is -1.61. The van der Waals surface area contributed by atoms with Gasteiger partial charge in [-0.1, -0.05) is 72.7 Å². The number of oxime groups is 1. The normalized spacial score (nSPS) is 17.1. The van der Waals surface area contributed by atoms with Crippen LogP contribution < -0.4 is 11.0 Å². The number of rotatable bonds is 8. The minimum Gasteiger partial charge on any atom is -0.537 e. The second kappa shape index (κ2) is 11.6. The summed E-state index contributed by atoms with van der Waals surface area (Å²) in [5.41, 5.74) is 6.01. The number of esters is 2. The van der Waals surface area contributed by atoms with Gasteiger partial charge >= 0.3 is 19.4 Å². The first-order valence-corrected chi connectivity index (χ1v) is 15.9. The van der Waals surface area contributed by atoms with Crippen LogP contribution in [-0.2, 0) is 52.1 Å². The van der Waals surface area contributed by atoms with E-state index in [1.807, 2.05) is 72.8 Å². The largest absolute Gasteiger partial charge is 0.537 e. The van der Waals surface area contributed by atoms with Crippen molar-refractivity contribution in [3.63, 3.8) is 0 Å². The summed E-state index contributed by atoms with van der Waals surface area (Å²) < 4.78 is 18.0. The number of ether oxygens (including phenoxy) is 2. The zero-order valence-corrected chi connectivity index (χ0v) is 26.6. The Bertz CT molecular complexity index is 2290. The number of hydrogen-bond acceptors (Lipinski definition) is 10. The third-order valence-electron chi connectivity index (χ3n) is 9.42. The number of carbonyl (C=O) groups excluding carboxylic acids is 3. The molecule has 0 spiro atoms. The lowest BCUT2D eigenvalue weighted by atomic mass is 9.85. The number of nitrogens with zero attached hydrogens (tertiary/aromatic N) is 3. The van der Waals surface area contributed by atoms with Crippen LogP contribution in [0.1, 0.15) is 48.1 Å². The molecule has 0 saturated heterocycles. The van der Waals surface area contributed by atoms with Crippen LogP contribution in [0.4, 0.5) is 0 Å². The first-order chi connectivity index (χ1) is 23.8. The van der Waals surface area contributed by atoms with Crippen LogP contribution in [0, 0.1) is 0 Å². The average Bonchev–Trinajstić information content (AvgIpc) is 3.65. The van der Waals surface area contributed by atoms with E-state index in [1.54, 1.807) is 17.6 Å². The lowest BCUT2D eigenvalue weighted by molar-refractivity contribution is -0.195. The van der Waals surface area contributed by atoms with Crippen LogP contribution in [0.15, 0.2) is 88.8 Å². The Balaban J connectivity index is 1.12. The number of aromatic nitrogens is 2. The van der Waals surface area contributed by atoms with E-state index < -0.39 is 23.6 Å². The fraction of sp³-hybridized carbons (Fsp3) is 0.189. The summed E-state index contributed by atoms with van der Waals surface area (Å²) in [5, 5.41) is 5.21. The van der Waals surface area contributed by atoms with Gasteiger partial charge < -0.3 is 23.5 Å². The highest BCUT2D eigenvalue weighted by molar-refractivity contribution is 6.48. The van der Waals surface area contributed by atoms with E-state index in [4.69, 9.17) is 23.9 Å². The van der Waals surface area contributed by atoms with Gasteiger partial charge in [0.1, 0.15) is 12.3 Å².